The van der Waals surface area contributed by atoms with E-state index in [0.717, 1.165) is 23.3 Å². The van der Waals surface area contributed by atoms with Crippen molar-refractivity contribution in [2.24, 2.45) is 0 Å². The van der Waals surface area contributed by atoms with Gasteiger partial charge < -0.3 is 14.5 Å². The Bertz CT molecular complexity index is 1040. The molecule has 0 saturated heterocycles. The molecule has 0 fully saturated rings. The first kappa shape index (κ1) is 14.2. The molecule has 2 aromatic heterocycles. The Labute approximate surface area is 129 Å². The van der Waals surface area contributed by atoms with Gasteiger partial charge in [-0.15, -0.1) is 0 Å². The molecule has 0 aliphatic rings. The van der Waals surface area contributed by atoms with Gasteiger partial charge in [0.25, 0.3) is 0 Å². The Morgan fingerprint density at radius 2 is 2.10 bits per heavy atom. The van der Waals surface area contributed by atoms with Crippen molar-refractivity contribution in [3.8, 4) is 0 Å². The fraction of sp³-hybridized carbons (Fsp3) is 0.167. The lowest BCUT2D eigenvalue weighted by Crippen LogP contribution is -2.03. The van der Waals surface area contributed by atoms with E-state index >= 15 is 0 Å². The third kappa shape index (κ3) is 2.59. The van der Waals surface area contributed by atoms with Crippen LogP contribution >= 0.6 is 23.6 Å². The van der Waals surface area contributed by atoms with Crippen LogP contribution in [-0.2, 0) is 16.4 Å². The first-order valence-electron chi connectivity index (χ1n) is 5.94. The zero-order valence-corrected chi connectivity index (χ0v) is 13.4. The largest absolute Gasteiger partial charge is 0.329 e. The summed E-state index contributed by atoms with van der Waals surface area (Å²) in [5, 5.41) is 1.73. The number of sulfone groups is 1. The molecular formula is C12H11N3O3S3. The lowest BCUT2D eigenvalue weighted by Gasteiger charge is -2.03. The molecule has 3 aromatic rings. The fourth-order valence-corrected chi connectivity index (χ4v) is 3.87. The van der Waals surface area contributed by atoms with Gasteiger partial charge in [0.15, 0.2) is 14.6 Å². The highest BCUT2D eigenvalue weighted by Gasteiger charge is 2.15. The van der Waals surface area contributed by atoms with E-state index < -0.39 is 9.84 Å². The van der Waals surface area contributed by atoms with Crippen LogP contribution in [0, 0.1) is 4.77 Å². The van der Waals surface area contributed by atoms with E-state index in [1.807, 2.05) is 0 Å². The zero-order chi connectivity index (χ0) is 15.2. The van der Waals surface area contributed by atoms with Crippen LogP contribution in [0.1, 0.15) is 5.69 Å². The van der Waals surface area contributed by atoms with E-state index in [1.165, 1.54) is 0 Å². The number of hydrogen-bond acceptors (Lipinski definition) is 5. The lowest BCUT2D eigenvalue weighted by atomic mass is 10.3. The second-order valence-corrected chi connectivity index (χ2v) is 7.83. The highest BCUT2D eigenvalue weighted by atomic mass is 32.2. The Hall–Kier alpha value is -1.71. The summed E-state index contributed by atoms with van der Waals surface area (Å²) in [5.74, 6) is 0. The summed E-state index contributed by atoms with van der Waals surface area (Å²) < 4.78 is 25.8. The van der Waals surface area contributed by atoms with Gasteiger partial charge in [0.2, 0.25) is 0 Å². The van der Waals surface area contributed by atoms with Gasteiger partial charge in [0.05, 0.1) is 22.5 Å². The number of imidazole rings is 1. The standard InChI is InChI=1S/C12H11N3O3S3/c1-21(17,18)9-4-2-3-8-10(9)14-11(19)15(8)5-7-6-20-12(16)13-7/h2-4,6H,5H2,1H3,(H,13,16)(H,14,19). The molecule has 110 valence electrons. The van der Waals surface area contributed by atoms with E-state index in [1.54, 1.807) is 28.1 Å². The Morgan fingerprint density at radius 1 is 1.33 bits per heavy atom. The minimum absolute atomic E-state index is 0.131. The minimum Gasteiger partial charge on any atom is -0.329 e. The van der Waals surface area contributed by atoms with Crippen LogP contribution in [-0.4, -0.2) is 29.2 Å². The smallest absolute Gasteiger partial charge is 0.304 e. The van der Waals surface area contributed by atoms with Crippen LogP contribution in [0.3, 0.4) is 0 Å². The highest BCUT2D eigenvalue weighted by Crippen LogP contribution is 2.23. The summed E-state index contributed by atoms with van der Waals surface area (Å²) >= 11 is 6.35. The van der Waals surface area contributed by atoms with E-state index in [-0.39, 0.29) is 9.77 Å². The molecule has 3 rings (SSSR count). The number of rotatable bonds is 3. The van der Waals surface area contributed by atoms with E-state index in [0.29, 0.717) is 22.3 Å². The summed E-state index contributed by atoms with van der Waals surface area (Å²) in [4.78, 5) is 16.9. The van der Waals surface area contributed by atoms with Gasteiger partial charge in [0, 0.05) is 17.3 Å². The Balaban J connectivity index is 2.23. The van der Waals surface area contributed by atoms with E-state index in [4.69, 9.17) is 12.2 Å². The summed E-state index contributed by atoms with van der Waals surface area (Å²) in [5.41, 5.74) is 1.91. The third-order valence-electron chi connectivity index (χ3n) is 3.07. The number of fused-ring (bicyclic) bond motifs is 1. The molecule has 0 atom stereocenters. The minimum atomic E-state index is -3.35. The van der Waals surface area contributed by atoms with Gasteiger partial charge in [-0.25, -0.2) is 8.42 Å². The maximum atomic E-state index is 11.8. The molecule has 0 amide bonds. The van der Waals surface area contributed by atoms with E-state index in [9.17, 15) is 13.2 Å². The number of hydrogen-bond donors (Lipinski definition) is 2. The van der Waals surface area contributed by atoms with Crippen LogP contribution in [0.2, 0.25) is 0 Å². The molecule has 0 spiro atoms. The van der Waals surface area contributed by atoms with Gasteiger partial charge in [0.1, 0.15) is 0 Å². The molecule has 0 unspecified atom stereocenters. The molecule has 9 heteroatoms. The number of nitrogens with zero attached hydrogens (tertiary/aromatic N) is 1. The van der Waals surface area contributed by atoms with Crippen molar-refractivity contribution in [3.63, 3.8) is 0 Å². The van der Waals surface area contributed by atoms with Crippen LogP contribution < -0.4 is 4.87 Å². The van der Waals surface area contributed by atoms with Crippen molar-refractivity contribution in [3.05, 3.63) is 43.7 Å². The molecular weight excluding hydrogens is 330 g/mol. The first-order valence-corrected chi connectivity index (χ1v) is 9.12. The molecule has 1 aromatic carbocycles. The molecule has 0 saturated carbocycles. The van der Waals surface area contributed by atoms with Crippen LogP contribution in [0.4, 0.5) is 0 Å². The normalized spacial score (nSPS) is 12.0. The van der Waals surface area contributed by atoms with Crippen molar-refractivity contribution < 1.29 is 8.42 Å². The predicted molar refractivity (Wildman–Crippen MR) is 84.3 cm³/mol. The average molecular weight is 341 g/mol. The van der Waals surface area contributed by atoms with Gasteiger partial charge in [-0.1, -0.05) is 17.4 Å². The van der Waals surface area contributed by atoms with Crippen LogP contribution in [0.15, 0.2) is 33.3 Å². The number of para-hydroxylation sites is 1. The Kier molecular flexibility index (Phi) is 3.34. The highest BCUT2D eigenvalue weighted by molar-refractivity contribution is 7.91. The summed E-state index contributed by atoms with van der Waals surface area (Å²) in [6.07, 6.45) is 1.16. The number of aromatic amines is 2. The number of H-pyrrole nitrogens is 2. The number of nitrogens with one attached hydrogen (secondary N) is 2. The molecule has 0 bridgehead atoms. The van der Waals surface area contributed by atoms with Crippen molar-refractivity contribution in [2.75, 3.05) is 6.26 Å². The molecule has 0 aliphatic heterocycles. The molecule has 0 aliphatic carbocycles. The maximum Gasteiger partial charge on any atom is 0.304 e. The number of benzene rings is 1. The van der Waals surface area contributed by atoms with Crippen molar-refractivity contribution in [1.82, 2.24) is 14.5 Å². The molecule has 2 heterocycles. The molecule has 6 nitrogen and oxygen atoms in total. The number of thiazole rings is 1. The van der Waals surface area contributed by atoms with Crippen molar-refractivity contribution in [1.29, 1.82) is 0 Å². The lowest BCUT2D eigenvalue weighted by molar-refractivity contribution is 0.602. The maximum absolute atomic E-state index is 11.8. The second-order valence-electron chi connectivity index (χ2n) is 4.61. The number of aromatic nitrogens is 3. The fourth-order valence-electron chi connectivity index (χ4n) is 2.18. The van der Waals surface area contributed by atoms with Crippen LogP contribution in [0.5, 0.6) is 0 Å². The van der Waals surface area contributed by atoms with Crippen LogP contribution in [0.25, 0.3) is 11.0 Å². The topological polar surface area (TPSA) is 87.7 Å². The average Bonchev–Trinajstić information content (AvgIpc) is 2.93. The van der Waals surface area contributed by atoms with E-state index in [2.05, 4.69) is 9.97 Å². The third-order valence-corrected chi connectivity index (χ3v) is 5.25. The van der Waals surface area contributed by atoms with Gasteiger partial charge in [-0.3, -0.25) is 4.79 Å². The molecule has 0 radical (unpaired) electrons. The predicted octanol–water partition coefficient (Wildman–Crippen LogP) is 1.90. The van der Waals surface area contributed by atoms with Crippen molar-refractivity contribution >= 4 is 44.4 Å². The first-order chi connectivity index (χ1) is 9.86. The SMILES string of the molecule is CS(=O)(=O)c1cccc2c1[nH]c(=S)n2Cc1csc(=O)[nH]1. The summed E-state index contributed by atoms with van der Waals surface area (Å²) in [6.45, 7) is 0.380. The second kappa shape index (κ2) is 4.93. The summed E-state index contributed by atoms with van der Waals surface area (Å²) in [7, 11) is -3.35. The molecule has 2 N–H and O–H groups in total. The van der Waals surface area contributed by atoms with Gasteiger partial charge >= 0.3 is 4.87 Å². The summed E-state index contributed by atoms with van der Waals surface area (Å²) in [6, 6.07) is 5.01. The monoisotopic (exact) mass is 341 g/mol. The zero-order valence-electron chi connectivity index (χ0n) is 10.9. The molecule has 21 heavy (non-hydrogen) atoms. The quantitative estimate of drug-likeness (QED) is 0.712. The Morgan fingerprint density at radius 3 is 2.71 bits per heavy atom. The van der Waals surface area contributed by atoms with Gasteiger partial charge in [-0.2, -0.15) is 0 Å². The van der Waals surface area contributed by atoms with Crippen molar-refractivity contribution in [2.45, 2.75) is 11.4 Å². The van der Waals surface area contributed by atoms with Gasteiger partial charge in [-0.05, 0) is 24.4 Å².